The highest BCUT2D eigenvalue weighted by atomic mass is 15.1. The van der Waals surface area contributed by atoms with Gasteiger partial charge < -0.3 is 9.88 Å². The molecule has 0 radical (unpaired) electrons. The van der Waals surface area contributed by atoms with Crippen molar-refractivity contribution >= 4 is 0 Å². The van der Waals surface area contributed by atoms with Crippen LogP contribution in [0.15, 0.2) is 24.3 Å². The average Bonchev–Trinajstić information content (AvgIpc) is 2.68. The number of benzene rings is 1. The normalized spacial score (nSPS) is 11.3. The van der Waals surface area contributed by atoms with E-state index in [0.717, 1.165) is 18.1 Å². The van der Waals surface area contributed by atoms with Gasteiger partial charge in [0, 0.05) is 24.8 Å². The molecule has 0 atom stereocenters. The van der Waals surface area contributed by atoms with E-state index in [2.05, 4.69) is 62.0 Å². The molecule has 1 aromatic heterocycles. The smallest absolute Gasteiger partial charge is 0.140 e. The highest BCUT2D eigenvalue weighted by Crippen LogP contribution is 2.23. The standard InChI is InChI=1S/C16H23N3/c1-11(2)13-6-8-14(9-7-13)16-18-15(10-17-4)12(3)19(16)5/h6-9,11,17H,10H2,1-5H3. The van der Waals surface area contributed by atoms with Crippen LogP contribution in [0.1, 0.15) is 36.7 Å². The van der Waals surface area contributed by atoms with Crippen molar-refractivity contribution in [2.75, 3.05) is 7.05 Å². The van der Waals surface area contributed by atoms with Gasteiger partial charge in [0.1, 0.15) is 5.82 Å². The van der Waals surface area contributed by atoms with Gasteiger partial charge in [-0.15, -0.1) is 0 Å². The van der Waals surface area contributed by atoms with Gasteiger partial charge in [-0.05, 0) is 25.5 Å². The Morgan fingerprint density at radius 2 is 1.84 bits per heavy atom. The molecule has 0 saturated carbocycles. The Morgan fingerprint density at radius 3 is 2.37 bits per heavy atom. The maximum atomic E-state index is 4.74. The van der Waals surface area contributed by atoms with E-state index in [-0.39, 0.29) is 0 Å². The topological polar surface area (TPSA) is 29.9 Å². The molecule has 0 spiro atoms. The van der Waals surface area contributed by atoms with Crippen LogP contribution in [0, 0.1) is 6.92 Å². The predicted molar refractivity (Wildman–Crippen MR) is 80.2 cm³/mol. The first-order chi connectivity index (χ1) is 9.04. The van der Waals surface area contributed by atoms with Crippen molar-refractivity contribution in [2.45, 2.75) is 33.2 Å². The summed E-state index contributed by atoms with van der Waals surface area (Å²) < 4.78 is 2.16. The molecule has 3 nitrogen and oxygen atoms in total. The van der Waals surface area contributed by atoms with E-state index in [4.69, 9.17) is 4.98 Å². The number of aromatic nitrogens is 2. The SMILES string of the molecule is CNCc1nc(-c2ccc(C(C)C)cc2)n(C)c1C. The molecule has 102 valence electrons. The maximum Gasteiger partial charge on any atom is 0.140 e. The van der Waals surface area contributed by atoms with Gasteiger partial charge in [0.05, 0.1) is 5.69 Å². The molecule has 1 N–H and O–H groups in total. The zero-order chi connectivity index (χ0) is 14.0. The Kier molecular flexibility index (Phi) is 4.05. The lowest BCUT2D eigenvalue weighted by Crippen LogP contribution is -2.07. The van der Waals surface area contributed by atoms with Crippen LogP contribution < -0.4 is 5.32 Å². The molecular weight excluding hydrogens is 234 g/mol. The first-order valence-corrected chi connectivity index (χ1v) is 6.81. The maximum absolute atomic E-state index is 4.74. The third-order valence-electron chi connectivity index (χ3n) is 3.66. The zero-order valence-electron chi connectivity index (χ0n) is 12.5. The number of hydrogen-bond donors (Lipinski definition) is 1. The summed E-state index contributed by atoms with van der Waals surface area (Å²) in [5.41, 5.74) is 4.88. The molecule has 1 heterocycles. The van der Waals surface area contributed by atoms with Gasteiger partial charge in [-0.25, -0.2) is 4.98 Å². The molecule has 19 heavy (non-hydrogen) atoms. The van der Waals surface area contributed by atoms with E-state index < -0.39 is 0 Å². The van der Waals surface area contributed by atoms with Crippen molar-refractivity contribution in [3.63, 3.8) is 0 Å². The highest BCUT2D eigenvalue weighted by molar-refractivity contribution is 5.57. The molecule has 0 aliphatic rings. The van der Waals surface area contributed by atoms with Crippen LogP contribution >= 0.6 is 0 Å². The third kappa shape index (κ3) is 2.71. The molecule has 2 aromatic rings. The monoisotopic (exact) mass is 257 g/mol. The number of nitrogens with zero attached hydrogens (tertiary/aromatic N) is 2. The summed E-state index contributed by atoms with van der Waals surface area (Å²) in [6, 6.07) is 8.73. The fourth-order valence-corrected chi connectivity index (χ4v) is 2.25. The largest absolute Gasteiger partial charge is 0.331 e. The minimum absolute atomic E-state index is 0.567. The summed E-state index contributed by atoms with van der Waals surface area (Å²) in [7, 11) is 4.03. The Balaban J connectivity index is 2.38. The minimum Gasteiger partial charge on any atom is -0.331 e. The Hall–Kier alpha value is -1.61. The van der Waals surface area contributed by atoms with Gasteiger partial charge in [-0.3, -0.25) is 0 Å². The zero-order valence-corrected chi connectivity index (χ0v) is 12.5. The van der Waals surface area contributed by atoms with Crippen LogP contribution in [-0.2, 0) is 13.6 Å². The summed E-state index contributed by atoms with van der Waals surface area (Å²) in [4.78, 5) is 4.74. The fourth-order valence-electron chi connectivity index (χ4n) is 2.25. The highest BCUT2D eigenvalue weighted by Gasteiger charge is 2.12. The molecule has 0 saturated heterocycles. The first-order valence-electron chi connectivity index (χ1n) is 6.81. The molecular formula is C16H23N3. The van der Waals surface area contributed by atoms with E-state index in [1.165, 1.54) is 16.8 Å². The van der Waals surface area contributed by atoms with E-state index in [1.807, 2.05) is 7.05 Å². The molecule has 0 amide bonds. The molecule has 0 bridgehead atoms. The number of hydrogen-bond acceptors (Lipinski definition) is 2. The Morgan fingerprint density at radius 1 is 1.21 bits per heavy atom. The quantitative estimate of drug-likeness (QED) is 0.911. The van der Waals surface area contributed by atoms with Crippen LogP contribution in [0.25, 0.3) is 11.4 Å². The first kappa shape index (κ1) is 13.8. The van der Waals surface area contributed by atoms with Gasteiger partial charge in [0.25, 0.3) is 0 Å². The Labute approximate surface area is 115 Å². The second-order valence-corrected chi connectivity index (χ2v) is 5.33. The van der Waals surface area contributed by atoms with Crippen molar-refractivity contribution in [1.82, 2.24) is 14.9 Å². The summed E-state index contributed by atoms with van der Waals surface area (Å²) in [5, 5.41) is 3.17. The predicted octanol–water partition coefficient (Wildman–Crippen LogP) is 3.24. The van der Waals surface area contributed by atoms with E-state index >= 15 is 0 Å². The van der Waals surface area contributed by atoms with Crippen molar-refractivity contribution in [3.8, 4) is 11.4 Å². The summed E-state index contributed by atoms with van der Waals surface area (Å²) in [5.74, 6) is 1.61. The van der Waals surface area contributed by atoms with Gasteiger partial charge in [-0.2, -0.15) is 0 Å². The molecule has 3 heteroatoms. The van der Waals surface area contributed by atoms with E-state index in [1.54, 1.807) is 0 Å². The molecule has 0 aliphatic heterocycles. The Bertz CT molecular complexity index is 550. The third-order valence-corrected chi connectivity index (χ3v) is 3.66. The van der Waals surface area contributed by atoms with E-state index in [9.17, 15) is 0 Å². The molecule has 2 rings (SSSR count). The van der Waals surface area contributed by atoms with Gasteiger partial charge in [-0.1, -0.05) is 38.1 Å². The summed E-state index contributed by atoms with van der Waals surface area (Å²) >= 11 is 0. The number of imidazole rings is 1. The van der Waals surface area contributed by atoms with Gasteiger partial charge in [0.15, 0.2) is 0 Å². The van der Waals surface area contributed by atoms with Crippen molar-refractivity contribution in [2.24, 2.45) is 7.05 Å². The second-order valence-electron chi connectivity index (χ2n) is 5.33. The molecule has 1 aromatic carbocycles. The second kappa shape index (κ2) is 5.57. The summed E-state index contributed by atoms with van der Waals surface area (Å²) in [6.45, 7) is 7.35. The van der Waals surface area contributed by atoms with Gasteiger partial charge >= 0.3 is 0 Å². The van der Waals surface area contributed by atoms with Crippen molar-refractivity contribution in [1.29, 1.82) is 0 Å². The number of nitrogens with one attached hydrogen (secondary N) is 1. The van der Waals surface area contributed by atoms with Crippen LogP contribution in [0.2, 0.25) is 0 Å². The van der Waals surface area contributed by atoms with Gasteiger partial charge in [0.2, 0.25) is 0 Å². The minimum atomic E-state index is 0.567. The molecule has 0 fully saturated rings. The lowest BCUT2D eigenvalue weighted by atomic mass is 10.0. The van der Waals surface area contributed by atoms with Crippen molar-refractivity contribution in [3.05, 3.63) is 41.2 Å². The molecule has 0 unspecified atom stereocenters. The van der Waals surface area contributed by atoms with Crippen LogP contribution in [0.4, 0.5) is 0 Å². The summed E-state index contributed by atoms with van der Waals surface area (Å²) in [6.07, 6.45) is 0. The lowest BCUT2D eigenvalue weighted by molar-refractivity contribution is 0.783. The molecule has 0 aliphatic carbocycles. The van der Waals surface area contributed by atoms with Crippen LogP contribution in [0.3, 0.4) is 0 Å². The number of rotatable bonds is 4. The lowest BCUT2D eigenvalue weighted by Gasteiger charge is -2.07. The van der Waals surface area contributed by atoms with Crippen molar-refractivity contribution < 1.29 is 0 Å². The fraction of sp³-hybridized carbons (Fsp3) is 0.438. The van der Waals surface area contributed by atoms with Crippen LogP contribution in [-0.4, -0.2) is 16.6 Å². The van der Waals surface area contributed by atoms with Crippen LogP contribution in [0.5, 0.6) is 0 Å². The average molecular weight is 257 g/mol. The van der Waals surface area contributed by atoms with E-state index in [0.29, 0.717) is 5.92 Å².